The Kier molecular flexibility index (Phi) is 10.9. The van der Waals surface area contributed by atoms with Crippen LogP contribution in [0, 0.1) is 5.92 Å². The van der Waals surface area contributed by atoms with Crippen LogP contribution >= 0.6 is 0 Å². The molecule has 2 aromatic rings. The van der Waals surface area contributed by atoms with Crippen molar-refractivity contribution in [3.63, 3.8) is 0 Å². The highest BCUT2D eigenvalue weighted by Crippen LogP contribution is 2.32. The zero-order valence-corrected chi connectivity index (χ0v) is 24.4. The van der Waals surface area contributed by atoms with Crippen molar-refractivity contribution in [3.05, 3.63) is 35.4 Å². The Bertz CT molecular complexity index is 1070. The number of halogens is 3. The molecule has 1 aliphatic rings. The topological polar surface area (TPSA) is 84.0 Å². The fourth-order valence-corrected chi connectivity index (χ4v) is 4.35. The molecule has 1 fully saturated rings. The molecule has 0 aliphatic carbocycles. The number of alkyl halides is 3. The number of benzene rings is 1. The van der Waals surface area contributed by atoms with Crippen LogP contribution in [0.4, 0.5) is 31.0 Å². The van der Waals surface area contributed by atoms with Gasteiger partial charge in [0.2, 0.25) is 23.8 Å². The highest BCUT2D eigenvalue weighted by molar-refractivity contribution is 5.79. The van der Waals surface area contributed by atoms with E-state index >= 15 is 0 Å². The molecule has 1 saturated heterocycles. The van der Waals surface area contributed by atoms with Gasteiger partial charge in [0.1, 0.15) is 0 Å². The molecular weight excluding hydrogens is 523 g/mol. The van der Waals surface area contributed by atoms with E-state index < -0.39 is 11.7 Å². The lowest BCUT2D eigenvalue weighted by atomic mass is 9.96. The van der Waals surface area contributed by atoms with Crippen molar-refractivity contribution < 1.29 is 18.0 Å². The lowest BCUT2D eigenvalue weighted by Crippen LogP contribution is -2.41. The monoisotopic (exact) mass is 565 g/mol. The maximum absolute atomic E-state index is 13.3. The van der Waals surface area contributed by atoms with Gasteiger partial charge >= 0.3 is 6.18 Å². The number of anilines is 3. The molecule has 40 heavy (non-hydrogen) atoms. The molecule has 3 rings (SSSR count). The Labute approximate surface area is 235 Å². The van der Waals surface area contributed by atoms with Crippen molar-refractivity contribution in [2.24, 2.45) is 5.92 Å². The van der Waals surface area contributed by atoms with E-state index in [1.165, 1.54) is 12.1 Å². The van der Waals surface area contributed by atoms with E-state index in [1.807, 2.05) is 52.1 Å². The normalized spacial score (nSPS) is 14.6. The van der Waals surface area contributed by atoms with Crippen LogP contribution in [-0.2, 0) is 17.5 Å². The van der Waals surface area contributed by atoms with Gasteiger partial charge in [-0.05, 0) is 52.7 Å². The maximum atomic E-state index is 13.3. The van der Waals surface area contributed by atoms with Crippen LogP contribution in [-0.4, -0.2) is 112 Å². The van der Waals surface area contributed by atoms with Crippen LogP contribution in [0.1, 0.15) is 24.0 Å². The number of carbonyl (C=O) groups excluding carboxylic acids is 1. The second-order valence-corrected chi connectivity index (χ2v) is 10.8. The van der Waals surface area contributed by atoms with E-state index in [0.717, 1.165) is 32.2 Å². The molecule has 0 unspecified atom stereocenters. The minimum absolute atomic E-state index is 0.0582. The van der Waals surface area contributed by atoms with Gasteiger partial charge in [0.15, 0.2) is 0 Å². The van der Waals surface area contributed by atoms with Crippen molar-refractivity contribution in [3.8, 4) is 0 Å². The van der Waals surface area contributed by atoms with Crippen LogP contribution in [0.3, 0.4) is 0 Å². The summed E-state index contributed by atoms with van der Waals surface area (Å²) in [7, 11) is 12.0. The Balaban J connectivity index is 1.67. The fraction of sp³-hybridized carbons (Fsp3) is 0.630. The van der Waals surface area contributed by atoms with Gasteiger partial charge in [-0.1, -0.05) is 18.2 Å². The first kappa shape index (κ1) is 31.3. The van der Waals surface area contributed by atoms with Crippen LogP contribution in [0.2, 0.25) is 0 Å². The van der Waals surface area contributed by atoms with Gasteiger partial charge in [0, 0.05) is 65.8 Å². The molecule has 1 amide bonds. The summed E-state index contributed by atoms with van der Waals surface area (Å²) in [6.07, 6.45) is -3.36. The summed E-state index contributed by atoms with van der Waals surface area (Å²) in [5.74, 6) is 1.20. The lowest BCUT2D eigenvalue weighted by molar-refractivity contribution is -0.138. The molecule has 0 spiro atoms. The second kappa shape index (κ2) is 13.9. The second-order valence-electron chi connectivity index (χ2n) is 10.8. The van der Waals surface area contributed by atoms with Crippen LogP contribution in [0.5, 0.6) is 0 Å². The van der Waals surface area contributed by atoms with E-state index in [9.17, 15) is 18.0 Å². The number of hydrogen-bond donors (Lipinski definition) is 1. The Morgan fingerprint density at radius 1 is 0.875 bits per heavy atom. The molecule has 0 saturated carbocycles. The molecule has 0 radical (unpaired) electrons. The minimum atomic E-state index is -4.46. The average molecular weight is 566 g/mol. The third-order valence-electron chi connectivity index (χ3n) is 6.97. The Morgan fingerprint density at radius 2 is 1.40 bits per heavy atom. The highest BCUT2D eigenvalue weighted by atomic mass is 19.4. The molecule has 10 nitrogen and oxygen atoms in total. The summed E-state index contributed by atoms with van der Waals surface area (Å²) in [6.45, 7) is 4.14. The molecule has 2 heterocycles. The quantitative estimate of drug-likeness (QED) is 0.417. The van der Waals surface area contributed by atoms with Crippen LogP contribution in [0.25, 0.3) is 0 Å². The van der Waals surface area contributed by atoms with Crippen molar-refractivity contribution in [2.75, 3.05) is 96.3 Å². The van der Waals surface area contributed by atoms with Crippen molar-refractivity contribution in [1.82, 2.24) is 30.1 Å². The average Bonchev–Trinajstić information content (AvgIpc) is 2.92. The number of aromatic nitrogens is 3. The summed E-state index contributed by atoms with van der Waals surface area (Å²) < 4.78 is 39.9. The molecule has 0 bridgehead atoms. The molecular formula is C27H42F3N9O. The van der Waals surface area contributed by atoms with E-state index in [1.54, 1.807) is 6.07 Å². The van der Waals surface area contributed by atoms with E-state index in [2.05, 4.69) is 20.0 Å². The smallest absolute Gasteiger partial charge is 0.352 e. The standard InChI is InChI=1S/C27H42F3N9O/c1-35(2)15-17-37(5)24-32-25(38(6)18-16-36(3)4)34-26(33-24)39-13-11-20(12-14-39)23(40)31-19-21-9-7-8-10-22(21)27(28,29)30/h7-10,20H,11-19H2,1-6H3,(H,31,40). The number of hydrogen-bond acceptors (Lipinski definition) is 9. The number of carbonyl (C=O) groups is 1. The van der Waals surface area contributed by atoms with Gasteiger partial charge in [-0.25, -0.2) is 0 Å². The Hall–Kier alpha value is -3.19. The fourth-order valence-electron chi connectivity index (χ4n) is 4.35. The van der Waals surface area contributed by atoms with Crippen molar-refractivity contribution >= 4 is 23.8 Å². The van der Waals surface area contributed by atoms with Gasteiger partial charge in [-0.3, -0.25) is 4.79 Å². The van der Waals surface area contributed by atoms with E-state index in [4.69, 9.17) is 15.0 Å². The molecule has 1 aliphatic heterocycles. The summed E-state index contributed by atoms with van der Waals surface area (Å²) in [6, 6.07) is 5.32. The highest BCUT2D eigenvalue weighted by Gasteiger charge is 2.33. The molecule has 13 heteroatoms. The number of amides is 1. The largest absolute Gasteiger partial charge is 0.416 e. The first-order valence-electron chi connectivity index (χ1n) is 13.5. The SMILES string of the molecule is CN(C)CCN(C)c1nc(N(C)CCN(C)C)nc(N2CCC(C(=O)NCc3ccccc3C(F)(F)F)CC2)n1. The van der Waals surface area contributed by atoms with Crippen LogP contribution in [0.15, 0.2) is 24.3 Å². The van der Waals surface area contributed by atoms with Gasteiger partial charge in [-0.15, -0.1) is 0 Å². The summed E-state index contributed by atoms with van der Waals surface area (Å²) in [4.78, 5) is 37.3. The van der Waals surface area contributed by atoms with Gasteiger partial charge in [0.25, 0.3) is 0 Å². The number of piperidine rings is 1. The minimum Gasteiger partial charge on any atom is -0.352 e. The first-order valence-corrected chi connectivity index (χ1v) is 13.5. The molecule has 1 aromatic heterocycles. The van der Waals surface area contributed by atoms with Crippen molar-refractivity contribution in [1.29, 1.82) is 0 Å². The summed E-state index contributed by atoms with van der Waals surface area (Å²) in [5, 5.41) is 2.71. The van der Waals surface area contributed by atoms with Gasteiger partial charge < -0.3 is 29.8 Å². The number of likely N-dealkylation sites (N-methyl/N-ethyl adjacent to an activating group) is 4. The zero-order chi connectivity index (χ0) is 29.4. The predicted octanol–water partition coefficient (Wildman–Crippen LogP) is 2.42. The molecule has 1 aromatic carbocycles. The molecule has 1 N–H and O–H groups in total. The number of rotatable bonds is 12. The van der Waals surface area contributed by atoms with Crippen molar-refractivity contribution in [2.45, 2.75) is 25.6 Å². The Morgan fingerprint density at radius 3 is 1.90 bits per heavy atom. The van der Waals surface area contributed by atoms with Gasteiger partial charge in [0.05, 0.1) is 5.56 Å². The maximum Gasteiger partial charge on any atom is 0.416 e. The summed E-state index contributed by atoms with van der Waals surface area (Å²) >= 11 is 0. The van der Waals surface area contributed by atoms with E-state index in [0.29, 0.717) is 43.8 Å². The molecule has 0 atom stereocenters. The zero-order valence-electron chi connectivity index (χ0n) is 24.4. The lowest BCUT2D eigenvalue weighted by Gasteiger charge is -2.32. The number of nitrogens with one attached hydrogen (secondary N) is 1. The van der Waals surface area contributed by atoms with E-state index in [-0.39, 0.29) is 23.9 Å². The molecule has 222 valence electrons. The summed E-state index contributed by atoms with van der Waals surface area (Å²) in [5.41, 5.74) is -0.666. The van der Waals surface area contributed by atoms with Gasteiger partial charge in [-0.2, -0.15) is 28.1 Å². The third kappa shape index (κ3) is 8.91. The van der Waals surface area contributed by atoms with Crippen LogP contribution < -0.4 is 20.0 Å². The predicted molar refractivity (Wildman–Crippen MR) is 152 cm³/mol. The number of nitrogens with zero attached hydrogens (tertiary/aromatic N) is 8. The first-order chi connectivity index (χ1) is 18.8. The third-order valence-corrected chi connectivity index (χ3v) is 6.97.